The number of anilines is 1. The lowest BCUT2D eigenvalue weighted by molar-refractivity contribution is 0.171. The molecule has 1 aliphatic heterocycles. The summed E-state index contributed by atoms with van der Waals surface area (Å²) in [7, 11) is 0. The first-order chi connectivity index (χ1) is 9.63. The minimum absolute atomic E-state index is 0.603. The van der Waals surface area contributed by atoms with Gasteiger partial charge in [-0.2, -0.15) is 0 Å². The number of benzene rings is 2. The van der Waals surface area contributed by atoms with Crippen LogP contribution in [0.5, 0.6) is 11.5 Å². The van der Waals surface area contributed by atoms with Crippen LogP contribution in [0.15, 0.2) is 44.6 Å². The second-order valence-electron chi connectivity index (χ2n) is 4.55. The Kier molecular flexibility index (Phi) is 3.81. The fraction of sp³-hybridized carbons (Fsp3) is 0.200. The van der Waals surface area contributed by atoms with Crippen LogP contribution < -0.4 is 15.2 Å². The summed E-state index contributed by atoms with van der Waals surface area (Å²) in [5, 5.41) is 0. The molecule has 0 spiro atoms. The van der Waals surface area contributed by atoms with Crippen molar-refractivity contribution in [3.05, 3.63) is 40.4 Å². The fourth-order valence-corrected chi connectivity index (χ4v) is 3.51. The summed E-state index contributed by atoms with van der Waals surface area (Å²) in [4.78, 5) is 2.24. The van der Waals surface area contributed by atoms with Crippen LogP contribution >= 0.6 is 27.7 Å². The quantitative estimate of drug-likeness (QED) is 0.821. The number of fused-ring (bicyclic) bond motifs is 1. The summed E-state index contributed by atoms with van der Waals surface area (Å²) < 4.78 is 12.1. The number of rotatable bonds is 2. The Balaban J connectivity index is 1.89. The zero-order chi connectivity index (χ0) is 14.1. The summed E-state index contributed by atoms with van der Waals surface area (Å²) in [5.41, 5.74) is 7.77. The molecule has 0 radical (unpaired) electrons. The molecule has 0 fully saturated rings. The molecule has 0 aliphatic carbocycles. The normalized spacial score (nSPS) is 13.3. The van der Waals surface area contributed by atoms with Crippen molar-refractivity contribution in [1.29, 1.82) is 0 Å². The third kappa shape index (κ3) is 2.74. The number of ether oxygens (including phenoxy) is 2. The van der Waals surface area contributed by atoms with Crippen molar-refractivity contribution in [2.75, 3.05) is 18.9 Å². The Morgan fingerprint density at radius 3 is 2.65 bits per heavy atom. The number of halogens is 1. The molecule has 3 rings (SSSR count). The van der Waals surface area contributed by atoms with Crippen LogP contribution in [0.3, 0.4) is 0 Å². The fourth-order valence-electron chi connectivity index (χ4n) is 1.96. The Morgan fingerprint density at radius 2 is 1.85 bits per heavy atom. The molecule has 1 aliphatic rings. The molecule has 2 aromatic carbocycles. The SMILES string of the molecule is Cc1cc(Sc2ccc3c(c2)OCCO3)c(Br)cc1N. The van der Waals surface area contributed by atoms with E-state index in [0.717, 1.165) is 37.0 Å². The van der Waals surface area contributed by atoms with Crippen LogP contribution in [0.4, 0.5) is 5.69 Å². The van der Waals surface area contributed by atoms with Gasteiger partial charge in [-0.25, -0.2) is 0 Å². The molecule has 5 heteroatoms. The van der Waals surface area contributed by atoms with E-state index in [1.165, 1.54) is 0 Å². The van der Waals surface area contributed by atoms with Gasteiger partial charge in [0.05, 0.1) is 0 Å². The van der Waals surface area contributed by atoms with Crippen LogP contribution in [0, 0.1) is 6.92 Å². The van der Waals surface area contributed by atoms with Gasteiger partial charge in [-0.05, 0) is 58.7 Å². The third-order valence-electron chi connectivity index (χ3n) is 3.06. The highest BCUT2D eigenvalue weighted by molar-refractivity contribution is 9.10. The minimum atomic E-state index is 0.603. The summed E-state index contributed by atoms with van der Waals surface area (Å²) in [6, 6.07) is 10.0. The second kappa shape index (κ2) is 5.58. The van der Waals surface area contributed by atoms with Crippen LogP contribution in [-0.4, -0.2) is 13.2 Å². The van der Waals surface area contributed by atoms with Gasteiger partial charge < -0.3 is 15.2 Å². The van der Waals surface area contributed by atoms with Gasteiger partial charge in [0.25, 0.3) is 0 Å². The summed E-state index contributed by atoms with van der Waals surface area (Å²) in [5.74, 6) is 1.62. The highest BCUT2D eigenvalue weighted by Gasteiger charge is 2.13. The van der Waals surface area contributed by atoms with E-state index in [9.17, 15) is 0 Å². The van der Waals surface area contributed by atoms with Crippen LogP contribution in [-0.2, 0) is 0 Å². The van der Waals surface area contributed by atoms with E-state index in [1.54, 1.807) is 11.8 Å². The molecule has 2 N–H and O–H groups in total. The van der Waals surface area contributed by atoms with Crippen molar-refractivity contribution in [1.82, 2.24) is 0 Å². The average molecular weight is 352 g/mol. The van der Waals surface area contributed by atoms with E-state index >= 15 is 0 Å². The van der Waals surface area contributed by atoms with Gasteiger partial charge in [0.2, 0.25) is 0 Å². The number of hydrogen-bond acceptors (Lipinski definition) is 4. The van der Waals surface area contributed by atoms with Crippen molar-refractivity contribution < 1.29 is 9.47 Å². The van der Waals surface area contributed by atoms with Crippen molar-refractivity contribution in [3.8, 4) is 11.5 Å². The lowest BCUT2D eigenvalue weighted by Gasteiger charge is -2.18. The minimum Gasteiger partial charge on any atom is -0.486 e. The first kappa shape index (κ1) is 13.6. The number of hydrogen-bond donors (Lipinski definition) is 1. The zero-order valence-electron chi connectivity index (χ0n) is 11.0. The molecule has 0 bridgehead atoms. The predicted octanol–water partition coefficient (Wildman–Crippen LogP) is 4.26. The molecular weight excluding hydrogens is 338 g/mol. The van der Waals surface area contributed by atoms with E-state index < -0.39 is 0 Å². The van der Waals surface area contributed by atoms with E-state index in [-0.39, 0.29) is 0 Å². The summed E-state index contributed by atoms with van der Waals surface area (Å²) >= 11 is 5.23. The molecular formula is C15H14BrNO2S. The van der Waals surface area contributed by atoms with Crippen molar-refractivity contribution >= 4 is 33.4 Å². The monoisotopic (exact) mass is 351 g/mol. The van der Waals surface area contributed by atoms with Crippen LogP contribution in [0.25, 0.3) is 0 Å². The average Bonchev–Trinajstić information content (AvgIpc) is 2.44. The number of nitrogen functional groups attached to an aromatic ring is 1. The third-order valence-corrected chi connectivity index (χ3v) is 5.03. The molecule has 104 valence electrons. The Labute approximate surface area is 130 Å². The maximum atomic E-state index is 5.90. The van der Waals surface area contributed by atoms with Gasteiger partial charge in [0.15, 0.2) is 11.5 Å². The van der Waals surface area contributed by atoms with Crippen LogP contribution in [0.1, 0.15) is 5.56 Å². The molecule has 0 aromatic heterocycles. The molecule has 3 nitrogen and oxygen atoms in total. The zero-order valence-corrected chi connectivity index (χ0v) is 13.4. The molecule has 0 amide bonds. The van der Waals surface area contributed by atoms with Gasteiger partial charge in [-0.3, -0.25) is 0 Å². The number of nitrogens with two attached hydrogens (primary N) is 1. The van der Waals surface area contributed by atoms with Gasteiger partial charge in [0.1, 0.15) is 13.2 Å². The lowest BCUT2D eigenvalue weighted by atomic mass is 10.2. The van der Waals surface area contributed by atoms with E-state index in [0.29, 0.717) is 13.2 Å². The van der Waals surface area contributed by atoms with E-state index in [4.69, 9.17) is 15.2 Å². The van der Waals surface area contributed by atoms with Crippen molar-refractivity contribution in [3.63, 3.8) is 0 Å². The first-order valence-corrected chi connectivity index (χ1v) is 7.87. The predicted molar refractivity (Wildman–Crippen MR) is 84.8 cm³/mol. The highest BCUT2D eigenvalue weighted by atomic mass is 79.9. The highest BCUT2D eigenvalue weighted by Crippen LogP contribution is 2.40. The van der Waals surface area contributed by atoms with Gasteiger partial charge >= 0.3 is 0 Å². The smallest absolute Gasteiger partial charge is 0.162 e. The Hall–Kier alpha value is -1.33. The molecule has 0 unspecified atom stereocenters. The standard InChI is InChI=1S/C15H14BrNO2S/c1-9-6-15(11(16)8-12(9)17)20-10-2-3-13-14(7-10)19-5-4-18-13/h2-3,6-8H,4-5,17H2,1H3. The van der Waals surface area contributed by atoms with Crippen molar-refractivity contribution in [2.45, 2.75) is 16.7 Å². The first-order valence-electron chi connectivity index (χ1n) is 6.26. The van der Waals surface area contributed by atoms with Crippen LogP contribution in [0.2, 0.25) is 0 Å². The molecule has 0 atom stereocenters. The topological polar surface area (TPSA) is 44.5 Å². The maximum absolute atomic E-state index is 5.90. The molecule has 0 saturated heterocycles. The molecule has 20 heavy (non-hydrogen) atoms. The Bertz CT molecular complexity index is 661. The maximum Gasteiger partial charge on any atom is 0.162 e. The van der Waals surface area contributed by atoms with E-state index in [2.05, 4.69) is 22.0 Å². The summed E-state index contributed by atoms with van der Waals surface area (Å²) in [6.45, 7) is 3.23. The van der Waals surface area contributed by atoms with Crippen molar-refractivity contribution in [2.24, 2.45) is 0 Å². The molecule has 2 aromatic rings. The van der Waals surface area contributed by atoms with Gasteiger partial charge in [0, 0.05) is 20.0 Å². The number of aryl methyl sites for hydroxylation is 1. The lowest BCUT2D eigenvalue weighted by Crippen LogP contribution is -2.15. The molecule has 0 saturated carbocycles. The Morgan fingerprint density at radius 1 is 1.10 bits per heavy atom. The van der Waals surface area contributed by atoms with Gasteiger partial charge in [-0.1, -0.05) is 11.8 Å². The largest absolute Gasteiger partial charge is 0.486 e. The van der Waals surface area contributed by atoms with Gasteiger partial charge in [-0.15, -0.1) is 0 Å². The second-order valence-corrected chi connectivity index (χ2v) is 6.52. The summed E-state index contributed by atoms with van der Waals surface area (Å²) in [6.07, 6.45) is 0. The van der Waals surface area contributed by atoms with E-state index in [1.807, 2.05) is 31.2 Å². The molecule has 1 heterocycles.